The van der Waals surface area contributed by atoms with Gasteiger partial charge >= 0.3 is 6.09 Å². The lowest BCUT2D eigenvalue weighted by molar-refractivity contribution is 0.0785. The number of carbonyl (C=O) groups is 1. The van der Waals surface area contributed by atoms with Gasteiger partial charge in [-0.25, -0.2) is 24.1 Å². The number of anilines is 1. The number of ether oxygens (including phenoxy) is 1. The molecular weight excluding hydrogens is 572 g/mol. The number of hydrogen-bond acceptors (Lipinski definition) is 7. The van der Waals surface area contributed by atoms with Crippen molar-refractivity contribution in [2.75, 3.05) is 25.0 Å². The number of rotatable bonds is 11. The Morgan fingerprint density at radius 2 is 1.90 bits per heavy atom. The number of hydrogen-bond donors (Lipinski definition) is 2. The monoisotopic (exact) mass is 608 g/mol. The molecule has 0 atom stereocenters. The number of aromatic nitrogens is 6. The van der Waals surface area contributed by atoms with Gasteiger partial charge in [-0.05, 0) is 62.2 Å². The minimum Gasteiger partial charge on any atom is -0.465 e. The summed E-state index contributed by atoms with van der Waals surface area (Å²) in [5, 5.41) is 21.7. The first kappa shape index (κ1) is 29.9. The smallest absolute Gasteiger partial charge is 0.410 e. The Hall–Kier alpha value is -3.58. The fourth-order valence-corrected chi connectivity index (χ4v) is 5.83. The minimum atomic E-state index is -1.20. The molecule has 0 radical (unpaired) electrons. The summed E-state index contributed by atoms with van der Waals surface area (Å²) < 4.78 is 9.26. The molecule has 13 heteroatoms. The second kappa shape index (κ2) is 12.7. The summed E-state index contributed by atoms with van der Waals surface area (Å²) in [6.45, 7) is 12.9. The van der Waals surface area contributed by atoms with Gasteiger partial charge in [0.25, 0.3) is 0 Å². The first-order valence-corrected chi connectivity index (χ1v) is 18.2. The van der Waals surface area contributed by atoms with E-state index in [9.17, 15) is 9.90 Å². The number of nitrogens with one attached hydrogen (secondary N) is 1. The molecule has 0 saturated carbocycles. The van der Waals surface area contributed by atoms with Crippen molar-refractivity contribution < 1.29 is 14.6 Å². The molecule has 222 valence electrons. The van der Waals surface area contributed by atoms with Crippen LogP contribution in [0.1, 0.15) is 24.0 Å². The zero-order valence-electron chi connectivity index (χ0n) is 24.5. The number of amides is 1. The third kappa shape index (κ3) is 7.43. The number of aryl methyl sites for hydroxylation is 1. The van der Waals surface area contributed by atoms with Gasteiger partial charge < -0.3 is 9.84 Å². The summed E-state index contributed by atoms with van der Waals surface area (Å²) in [7, 11) is -1.20. The molecule has 1 amide bonds. The van der Waals surface area contributed by atoms with Crippen LogP contribution in [0.25, 0.3) is 28.3 Å². The normalized spacial score (nSPS) is 14.0. The third-order valence-corrected chi connectivity index (χ3v) is 9.19. The first-order valence-electron chi connectivity index (χ1n) is 14.1. The molecule has 4 heterocycles. The van der Waals surface area contributed by atoms with E-state index in [1.807, 2.05) is 19.2 Å². The summed E-state index contributed by atoms with van der Waals surface area (Å²) in [4.78, 5) is 22.5. The molecular formula is C29H37ClN8O3Si. The minimum absolute atomic E-state index is 0.199. The van der Waals surface area contributed by atoms with Crippen LogP contribution in [0.5, 0.6) is 0 Å². The van der Waals surface area contributed by atoms with Crippen molar-refractivity contribution in [1.82, 2.24) is 34.4 Å². The van der Waals surface area contributed by atoms with Crippen molar-refractivity contribution in [1.29, 1.82) is 0 Å². The summed E-state index contributed by atoms with van der Waals surface area (Å²) in [5.74, 6) is 0.687. The van der Waals surface area contributed by atoms with Crippen LogP contribution in [0, 0.1) is 6.92 Å². The van der Waals surface area contributed by atoms with E-state index in [1.165, 1.54) is 12.8 Å². The Kier molecular flexibility index (Phi) is 9.07. The summed E-state index contributed by atoms with van der Waals surface area (Å²) in [5.41, 5.74) is 4.73. The maximum Gasteiger partial charge on any atom is 0.410 e. The quantitative estimate of drug-likeness (QED) is 0.153. The Morgan fingerprint density at radius 1 is 1.12 bits per heavy atom. The number of likely N-dealkylation sites (tertiary alicyclic amines) is 1. The van der Waals surface area contributed by atoms with Crippen LogP contribution < -0.4 is 5.32 Å². The molecule has 0 spiro atoms. The highest BCUT2D eigenvalue weighted by molar-refractivity contribution is 6.76. The summed E-state index contributed by atoms with van der Waals surface area (Å²) >= 11 is 6.79. The molecule has 1 fully saturated rings. The second-order valence-corrected chi connectivity index (χ2v) is 17.9. The van der Waals surface area contributed by atoms with Crippen LogP contribution in [-0.2, 0) is 18.0 Å². The molecule has 1 aromatic carbocycles. The van der Waals surface area contributed by atoms with E-state index in [1.54, 1.807) is 28.0 Å². The summed E-state index contributed by atoms with van der Waals surface area (Å²) in [6.07, 6.45) is 6.35. The second-order valence-electron chi connectivity index (χ2n) is 11.9. The summed E-state index contributed by atoms with van der Waals surface area (Å²) in [6, 6.07) is 8.78. The lowest BCUT2D eigenvalue weighted by Gasteiger charge is -2.15. The largest absolute Gasteiger partial charge is 0.465 e. The molecule has 0 aliphatic carbocycles. The van der Waals surface area contributed by atoms with E-state index in [0.29, 0.717) is 41.1 Å². The van der Waals surface area contributed by atoms with E-state index >= 15 is 0 Å². The van der Waals surface area contributed by atoms with Gasteiger partial charge in [0.05, 0.1) is 16.3 Å². The van der Waals surface area contributed by atoms with Crippen LogP contribution in [0.4, 0.5) is 10.6 Å². The van der Waals surface area contributed by atoms with Crippen molar-refractivity contribution >= 4 is 31.6 Å². The van der Waals surface area contributed by atoms with Crippen molar-refractivity contribution in [3.8, 4) is 28.3 Å². The van der Waals surface area contributed by atoms with Gasteiger partial charge in [0.15, 0.2) is 5.82 Å². The third-order valence-electron chi connectivity index (χ3n) is 7.16. The first-order chi connectivity index (χ1) is 20.1. The SMILES string of the molecule is Cc1cnc(NC(=O)O)cc1-n1cc(-c2ncn(COCC[Si](C)(C)C)n2)c(-c2cc(CN3CCCC3)ccc2Cl)n1. The highest BCUT2D eigenvalue weighted by Gasteiger charge is 2.22. The predicted octanol–water partition coefficient (Wildman–Crippen LogP) is 6.15. The Labute approximate surface area is 251 Å². The molecule has 5 rings (SSSR count). The fraction of sp³-hybridized carbons (Fsp3) is 0.414. The fourth-order valence-electron chi connectivity index (χ4n) is 4.87. The molecule has 2 N–H and O–H groups in total. The lowest BCUT2D eigenvalue weighted by atomic mass is 10.0. The van der Waals surface area contributed by atoms with Gasteiger partial charge in [0.2, 0.25) is 0 Å². The van der Waals surface area contributed by atoms with Gasteiger partial charge in [-0.3, -0.25) is 10.2 Å². The van der Waals surface area contributed by atoms with Crippen LogP contribution in [0.2, 0.25) is 30.7 Å². The van der Waals surface area contributed by atoms with Crippen molar-refractivity contribution in [2.24, 2.45) is 0 Å². The van der Waals surface area contributed by atoms with Crippen molar-refractivity contribution in [2.45, 2.75) is 58.7 Å². The van der Waals surface area contributed by atoms with E-state index in [4.69, 9.17) is 26.5 Å². The Balaban J connectivity index is 1.52. The number of pyridine rings is 1. The topological polar surface area (TPSA) is 123 Å². The molecule has 0 bridgehead atoms. The molecule has 42 heavy (non-hydrogen) atoms. The van der Waals surface area contributed by atoms with E-state index in [2.05, 4.69) is 52.0 Å². The number of carboxylic acid groups (broad SMARTS) is 1. The van der Waals surface area contributed by atoms with Gasteiger partial charge in [0.1, 0.15) is 24.6 Å². The van der Waals surface area contributed by atoms with Crippen LogP contribution in [0.15, 0.2) is 43.0 Å². The van der Waals surface area contributed by atoms with Gasteiger partial charge in [-0.15, -0.1) is 5.10 Å². The maximum atomic E-state index is 11.2. The molecule has 0 unspecified atom stereocenters. The van der Waals surface area contributed by atoms with Crippen LogP contribution >= 0.6 is 11.6 Å². The van der Waals surface area contributed by atoms with Crippen LogP contribution in [-0.4, -0.2) is 73.4 Å². The number of benzene rings is 1. The molecule has 3 aromatic heterocycles. The zero-order valence-corrected chi connectivity index (χ0v) is 26.2. The Bertz CT molecular complexity index is 1560. The average Bonchev–Trinajstić information content (AvgIpc) is 3.69. The van der Waals surface area contributed by atoms with Crippen molar-refractivity contribution in [3.05, 3.63) is 59.1 Å². The van der Waals surface area contributed by atoms with Crippen LogP contribution in [0.3, 0.4) is 0 Å². The van der Waals surface area contributed by atoms with Gasteiger partial charge in [-0.2, -0.15) is 5.10 Å². The standard InChI is InChI=1S/C29H37ClN8O3Si/c1-20-15-31-26(33-29(39)40)14-25(20)38-17-23(28-32-18-37(35-28)19-41-11-12-42(2,3)4)27(34-38)22-13-21(7-8-24(22)30)16-36-9-5-6-10-36/h7-8,13-15,17-18H,5-6,9-12,16,19H2,1-4H3,(H,31,33)(H,39,40). The zero-order chi connectivity index (χ0) is 29.9. The molecule has 1 aliphatic heterocycles. The number of nitrogens with zero attached hydrogens (tertiary/aromatic N) is 7. The van der Waals surface area contributed by atoms with E-state index in [-0.39, 0.29) is 5.82 Å². The highest BCUT2D eigenvalue weighted by Crippen LogP contribution is 2.36. The molecule has 4 aromatic rings. The Morgan fingerprint density at radius 3 is 2.64 bits per heavy atom. The van der Waals surface area contributed by atoms with E-state index in [0.717, 1.165) is 42.4 Å². The highest BCUT2D eigenvalue weighted by atomic mass is 35.5. The number of halogens is 1. The molecule has 11 nitrogen and oxygen atoms in total. The van der Waals surface area contributed by atoms with E-state index < -0.39 is 14.2 Å². The van der Waals surface area contributed by atoms with Crippen molar-refractivity contribution in [3.63, 3.8) is 0 Å². The molecule has 1 aliphatic rings. The average molecular weight is 609 g/mol. The predicted molar refractivity (Wildman–Crippen MR) is 166 cm³/mol. The van der Waals surface area contributed by atoms with Gasteiger partial charge in [-0.1, -0.05) is 37.3 Å². The lowest BCUT2D eigenvalue weighted by Crippen LogP contribution is -2.22. The molecule has 1 saturated heterocycles. The maximum absolute atomic E-state index is 11.2. The van der Waals surface area contributed by atoms with Gasteiger partial charge in [0, 0.05) is 45.2 Å².